The van der Waals surface area contributed by atoms with E-state index in [2.05, 4.69) is 21.0 Å². The van der Waals surface area contributed by atoms with E-state index in [9.17, 15) is 4.79 Å². The highest BCUT2D eigenvalue weighted by molar-refractivity contribution is 9.10. The molecule has 1 atom stereocenters. The van der Waals surface area contributed by atoms with Crippen molar-refractivity contribution in [1.29, 1.82) is 0 Å². The first-order valence-electron chi connectivity index (χ1n) is 7.40. The zero-order valence-corrected chi connectivity index (χ0v) is 15.5. The lowest BCUT2D eigenvalue weighted by Crippen LogP contribution is -2.19. The maximum atomic E-state index is 12.0. The molecule has 0 radical (unpaired) electrons. The second kappa shape index (κ2) is 6.88. The molecule has 0 fully saturated rings. The summed E-state index contributed by atoms with van der Waals surface area (Å²) in [4.78, 5) is 13.5. The van der Waals surface area contributed by atoms with E-state index in [1.54, 1.807) is 10.9 Å². The molecule has 2 heterocycles. The van der Waals surface area contributed by atoms with Gasteiger partial charge in [-0.15, -0.1) is 11.3 Å². The fraction of sp³-hybridized carbons (Fsp3) is 0.176. The van der Waals surface area contributed by atoms with E-state index in [0.29, 0.717) is 11.4 Å². The number of carbonyl (C=O) groups is 1. The predicted octanol–water partition coefficient (Wildman–Crippen LogP) is 3.10. The molecule has 0 spiro atoms. The van der Waals surface area contributed by atoms with Crippen molar-refractivity contribution in [3.8, 4) is 10.6 Å². The van der Waals surface area contributed by atoms with Crippen LogP contribution in [-0.2, 0) is 7.05 Å². The maximum absolute atomic E-state index is 12.0. The monoisotopic (exact) mass is 404 g/mol. The van der Waals surface area contributed by atoms with Gasteiger partial charge in [-0.3, -0.25) is 9.48 Å². The number of hydrogen-bond acceptors (Lipinski definition) is 4. The van der Waals surface area contributed by atoms with E-state index < -0.39 is 5.91 Å². The van der Waals surface area contributed by atoms with Crippen LogP contribution in [0.25, 0.3) is 10.6 Å². The van der Waals surface area contributed by atoms with Crippen molar-refractivity contribution in [2.45, 2.75) is 5.92 Å². The summed E-state index contributed by atoms with van der Waals surface area (Å²) in [6, 6.07) is 11.8. The topological polar surface area (TPSA) is 86.9 Å². The lowest BCUT2D eigenvalue weighted by molar-refractivity contribution is 0.100. The van der Waals surface area contributed by atoms with Crippen LogP contribution in [0.5, 0.6) is 0 Å². The molecule has 4 N–H and O–H groups in total. The summed E-state index contributed by atoms with van der Waals surface area (Å²) in [6.45, 7) is 0.379. The normalized spacial score (nSPS) is 12.3. The van der Waals surface area contributed by atoms with Gasteiger partial charge in [-0.25, -0.2) is 0 Å². The van der Waals surface area contributed by atoms with Gasteiger partial charge in [-0.05, 0) is 33.1 Å². The molecular formula is C17H17BrN4OS. The van der Waals surface area contributed by atoms with Crippen LogP contribution in [0.15, 0.2) is 47.1 Å². The van der Waals surface area contributed by atoms with Gasteiger partial charge in [0.25, 0.3) is 5.91 Å². The molecule has 7 heteroatoms. The highest BCUT2D eigenvalue weighted by Crippen LogP contribution is 2.44. The second-order valence-electron chi connectivity index (χ2n) is 5.39. The van der Waals surface area contributed by atoms with Crippen LogP contribution in [0, 0.1) is 0 Å². The van der Waals surface area contributed by atoms with Crippen LogP contribution >= 0.6 is 27.3 Å². The van der Waals surface area contributed by atoms with Crippen molar-refractivity contribution in [2.75, 3.05) is 6.54 Å². The molecule has 5 nitrogen and oxygen atoms in total. The summed E-state index contributed by atoms with van der Waals surface area (Å²) in [5.41, 5.74) is 14.5. The molecule has 124 valence electrons. The number of nitrogens with two attached hydrogens (primary N) is 2. The number of carbonyl (C=O) groups excluding carboxylic acids is 1. The Morgan fingerprint density at radius 2 is 2.04 bits per heavy atom. The van der Waals surface area contributed by atoms with Gasteiger partial charge in [-0.1, -0.05) is 30.3 Å². The quantitative estimate of drug-likeness (QED) is 0.684. The molecule has 2 aromatic heterocycles. The Kier molecular flexibility index (Phi) is 4.84. The van der Waals surface area contributed by atoms with Crippen molar-refractivity contribution in [3.63, 3.8) is 0 Å². The van der Waals surface area contributed by atoms with E-state index in [-0.39, 0.29) is 5.92 Å². The number of hydrogen-bond donors (Lipinski definition) is 2. The highest BCUT2D eigenvalue weighted by Gasteiger charge is 2.28. The average Bonchev–Trinajstić information content (AvgIpc) is 3.13. The lowest BCUT2D eigenvalue weighted by atomic mass is 9.91. The summed E-state index contributed by atoms with van der Waals surface area (Å²) in [7, 11) is 1.86. The van der Waals surface area contributed by atoms with Gasteiger partial charge in [0.1, 0.15) is 0 Å². The summed E-state index contributed by atoms with van der Waals surface area (Å²) in [6.07, 6.45) is 1.72. The second-order valence-corrected chi connectivity index (χ2v) is 7.20. The van der Waals surface area contributed by atoms with Crippen molar-refractivity contribution in [3.05, 3.63) is 63.1 Å². The Balaban J connectivity index is 2.21. The Labute approximate surface area is 152 Å². The van der Waals surface area contributed by atoms with Gasteiger partial charge in [0, 0.05) is 30.2 Å². The first-order valence-corrected chi connectivity index (χ1v) is 9.01. The van der Waals surface area contributed by atoms with Crippen LogP contribution in [0.1, 0.15) is 26.7 Å². The molecule has 0 bridgehead atoms. The van der Waals surface area contributed by atoms with Crippen molar-refractivity contribution in [2.24, 2.45) is 18.5 Å². The van der Waals surface area contributed by atoms with Gasteiger partial charge in [0.15, 0.2) is 0 Å². The summed E-state index contributed by atoms with van der Waals surface area (Å²) < 4.78 is 2.62. The summed E-state index contributed by atoms with van der Waals surface area (Å²) in [5, 5.41) is 4.20. The number of benzene rings is 1. The molecule has 3 aromatic rings. The summed E-state index contributed by atoms with van der Waals surface area (Å²) >= 11 is 5.04. The molecule has 0 aliphatic carbocycles. The minimum Gasteiger partial charge on any atom is -0.365 e. The number of aryl methyl sites for hydroxylation is 1. The van der Waals surface area contributed by atoms with Gasteiger partial charge < -0.3 is 11.5 Å². The fourth-order valence-electron chi connectivity index (χ4n) is 2.79. The van der Waals surface area contributed by atoms with Crippen molar-refractivity contribution in [1.82, 2.24) is 9.78 Å². The molecule has 3 rings (SSSR count). The molecule has 0 aliphatic heterocycles. The number of nitrogens with zero attached hydrogens (tertiary/aromatic N) is 2. The van der Waals surface area contributed by atoms with E-state index in [1.165, 1.54) is 11.3 Å². The van der Waals surface area contributed by atoms with Crippen molar-refractivity contribution >= 4 is 33.2 Å². The maximum Gasteiger partial charge on any atom is 0.259 e. The zero-order valence-electron chi connectivity index (χ0n) is 13.1. The Bertz CT molecular complexity index is 872. The molecule has 0 saturated carbocycles. The molecule has 24 heavy (non-hydrogen) atoms. The third kappa shape index (κ3) is 2.90. The van der Waals surface area contributed by atoms with Gasteiger partial charge >= 0.3 is 0 Å². The van der Waals surface area contributed by atoms with E-state index in [0.717, 1.165) is 26.2 Å². The highest BCUT2D eigenvalue weighted by atomic mass is 79.9. The largest absolute Gasteiger partial charge is 0.365 e. The SMILES string of the molecule is Cn1nccc1-c1sc(C(N)=O)c(C(CN)c2ccccc2)c1Br. The first kappa shape index (κ1) is 16.9. The number of halogens is 1. The van der Waals surface area contributed by atoms with Gasteiger partial charge in [0.2, 0.25) is 0 Å². The number of primary amides is 1. The third-order valence-corrected chi connectivity index (χ3v) is 6.28. The van der Waals surface area contributed by atoms with Crippen LogP contribution in [-0.4, -0.2) is 22.2 Å². The Morgan fingerprint density at radius 3 is 2.58 bits per heavy atom. The van der Waals surface area contributed by atoms with E-state index in [1.807, 2.05) is 43.4 Å². The molecule has 0 aliphatic rings. The molecule has 1 amide bonds. The third-order valence-electron chi connectivity index (χ3n) is 3.95. The van der Waals surface area contributed by atoms with E-state index >= 15 is 0 Å². The van der Waals surface area contributed by atoms with Crippen molar-refractivity contribution < 1.29 is 4.79 Å². The Hall–Kier alpha value is -1.96. The minimum atomic E-state index is -0.446. The molecular weight excluding hydrogens is 388 g/mol. The van der Waals surface area contributed by atoms with Crippen LogP contribution < -0.4 is 11.5 Å². The Morgan fingerprint density at radius 1 is 1.33 bits per heavy atom. The van der Waals surface area contributed by atoms with Gasteiger partial charge in [0.05, 0.1) is 15.4 Å². The van der Waals surface area contributed by atoms with Crippen LogP contribution in [0.4, 0.5) is 0 Å². The standard InChI is InChI=1S/C17H17BrN4OS/c1-22-12(7-8-21-22)15-14(18)13(16(24-15)17(20)23)11(9-19)10-5-3-2-4-6-10/h2-8,11H,9,19H2,1H3,(H2,20,23). The van der Waals surface area contributed by atoms with E-state index in [4.69, 9.17) is 11.5 Å². The van der Waals surface area contributed by atoms with Crippen LogP contribution in [0.3, 0.4) is 0 Å². The summed E-state index contributed by atoms with van der Waals surface area (Å²) in [5.74, 6) is -0.556. The molecule has 1 unspecified atom stereocenters. The predicted molar refractivity (Wildman–Crippen MR) is 100 cm³/mol. The average molecular weight is 405 g/mol. The minimum absolute atomic E-state index is 0.110. The fourth-order valence-corrected chi connectivity index (χ4v) is 5.00. The number of thiophene rings is 1. The first-order chi connectivity index (χ1) is 11.5. The number of aromatic nitrogens is 2. The smallest absolute Gasteiger partial charge is 0.259 e. The number of amides is 1. The van der Waals surface area contributed by atoms with Gasteiger partial charge in [-0.2, -0.15) is 5.10 Å². The lowest BCUT2D eigenvalue weighted by Gasteiger charge is -2.16. The molecule has 1 aromatic carbocycles. The molecule has 0 saturated heterocycles. The number of rotatable bonds is 5. The van der Waals surface area contributed by atoms with Crippen LogP contribution in [0.2, 0.25) is 0 Å². The zero-order chi connectivity index (χ0) is 17.3.